The maximum Gasteiger partial charge on any atom is 0.311 e. The molecule has 5 nitrogen and oxygen atoms in total. The van der Waals surface area contributed by atoms with E-state index < -0.39 is 16.1 Å². The second kappa shape index (κ2) is 13.9. The summed E-state index contributed by atoms with van der Waals surface area (Å²) in [6.45, 7) is 2.17. The zero-order chi connectivity index (χ0) is 20.7. The molecule has 2 aromatic rings. The summed E-state index contributed by atoms with van der Waals surface area (Å²) in [6.07, 6.45) is 7.87. The Morgan fingerprint density at radius 3 is 1.86 bits per heavy atom. The van der Waals surface area contributed by atoms with Gasteiger partial charge in [-0.25, -0.2) is 0 Å². The molecule has 0 aliphatic rings. The Morgan fingerprint density at radius 1 is 0.821 bits per heavy atom. The third-order valence-corrected chi connectivity index (χ3v) is 4.90. The Balaban J connectivity index is 0.000000552. The van der Waals surface area contributed by atoms with E-state index in [1.165, 1.54) is 43.9 Å². The smallest absolute Gasteiger partial charge is 0.311 e. The van der Waals surface area contributed by atoms with E-state index in [1.807, 2.05) is 36.4 Å². The summed E-state index contributed by atoms with van der Waals surface area (Å²) in [6, 6.07) is 17.6. The number of carbonyl (C=O) groups is 1. The molecule has 0 saturated heterocycles. The number of rotatable bonds is 10. The van der Waals surface area contributed by atoms with Crippen LogP contribution in [0.25, 0.3) is 0 Å². The predicted molar refractivity (Wildman–Crippen MR) is 111 cm³/mol. The first-order valence-corrected chi connectivity index (χ1v) is 11.2. The molecular formula is C22H30O5S. The van der Waals surface area contributed by atoms with Gasteiger partial charge in [0.2, 0.25) is 0 Å². The molecule has 2 rings (SSSR count). The molecule has 0 aliphatic carbocycles. The molecule has 0 atom stereocenters. The first kappa shape index (κ1) is 23.9. The second-order valence-electron chi connectivity index (χ2n) is 6.42. The minimum absolute atomic E-state index is 0.127. The summed E-state index contributed by atoms with van der Waals surface area (Å²) in [4.78, 5) is 11.3. The van der Waals surface area contributed by atoms with Crippen molar-refractivity contribution in [3.05, 3.63) is 60.7 Å². The zero-order valence-corrected chi connectivity index (χ0v) is 17.2. The van der Waals surface area contributed by atoms with E-state index in [0.29, 0.717) is 0 Å². The molecule has 6 heteroatoms. The van der Waals surface area contributed by atoms with E-state index in [0.717, 1.165) is 19.3 Å². The number of benzene rings is 2. The van der Waals surface area contributed by atoms with Crippen molar-refractivity contribution >= 4 is 16.1 Å². The highest BCUT2D eigenvalue weighted by Crippen LogP contribution is 2.23. The molecule has 0 aliphatic heterocycles. The number of hydrogen-bond donors (Lipinski definition) is 1. The molecule has 0 saturated carbocycles. The van der Waals surface area contributed by atoms with Crippen LogP contribution in [0.1, 0.15) is 58.3 Å². The summed E-state index contributed by atoms with van der Waals surface area (Å²) >= 11 is 0. The van der Waals surface area contributed by atoms with Gasteiger partial charge >= 0.3 is 5.97 Å². The summed E-state index contributed by atoms with van der Waals surface area (Å²) in [5, 5.41) is 0. The lowest BCUT2D eigenvalue weighted by Crippen LogP contribution is -2.10. The van der Waals surface area contributed by atoms with Gasteiger partial charge in [0.1, 0.15) is 4.90 Å². The molecular weight excluding hydrogens is 376 g/mol. The lowest BCUT2D eigenvalue weighted by atomic mass is 10.1. The normalized spacial score (nSPS) is 10.6. The fraction of sp³-hybridized carbons (Fsp3) is 0.409. The minimum atomic E-state index is -4.39. The standard InChI is InChI=1S/C16H24O5S.C6H6/c1-2-3-4-5-6-7-8-13-16(17)21-14-11-9-10-12-15(14)22(18,19)20;1-2-4-6-5-3-1/h9-12H,2-8,13H2,1H3,(H,18,19,20);1-6H. The minimum Gasteiger partial charge on any atom is -0.425 e. The van der Waals surface area contributed by atoms with Crippen LogP contribution in [0.4, 0.5) is 0 Å². The van der Waals surface area contributed by atoms with Crippen molar-refractivity contribution in [1.29, 1.82) is 0 Å². The van der Waals surface area contributed by atoms with Crippen molar-refractivity contribution in [1.82, 2.24) is 0 Å². The molecule has 0 spiro atoms. The Kier molecular flexibility index (Phi) is 11.9. The van der Waals surface area contributed by atoms with Crippen LogP contribution in [0.15, 0.2) is 65.6 Å². The number of esters is 1. The van der Waals surface area contributed by atoms with E-state index in [4.69, 9.17) is 9.29 Å². The lowest BCUT2D eigenvalue weighted by molar-refractivity contribution is -0.134. The predicted octanol–water partition coefficient (Wildman–Crippen LogP) is 5.67. The Hall–Kier alpha value is -2.18. The van der Waals surface area contributed by atoms with Crippen molar-refractivity contribution in [2.45, 2.75) is 63.2 Å². The molecule has 0 radical (unpaired) electrons. The maximum absolute atomic E-state index is 11.7. The molecule has 1 N–H and O–H groups in total. The molecule has 2 aromatic carbocycles. The summed E-state index contributed by atoms with van der Waals surface area (Å²) in [5.41, 5.74) is 0. The van der Waals surface area contributed by atoms with Crippen molar-refractivity contribution in [2.75, 3.05) is 0 Å². The lowest BCUT2D eigenvalue weighted by Gasteiger charge is -2.07. The van der Waals surface area contributed by atoms with E-state index in [1.54, 1.807) is 6.07 Å². The quantitative estimate of drug-likeness (QED) is 0.238. The summed E-state index contributed by atoms with van der Waals surface area (Å²) < 4.78 is 36.5. The van der Waals surface area contributed by atoms with E-state index >= 15 is 0 Å². The molecule has 0 unspecified atom stereocenters. The fourth-order valence-corrected chi connectivity index (χ4v) is 3.15. The first-order chi connectivity index (χ1) is 13.4. The average Bonchev–Trinajstić information content (AvgIpc) is 2.69. The molecule has 0 heterocycles. The van der Waals surface area contributed by atoms with Gasteiger partial charge in [-0.3, -0.25) is 9.35 Å². The van der Waals surface area contributed by atoms with Gasteiger partial charge in [-0.1, -0.05) is 94.0 Å². The van der Waals surface area contributed by atoms with Gasteiger partial charge in [0.05, 0.1) is 0 Å². The number of ether oxygens (including phenoxy) is 1. The highest BCUT2D eigenvalue weighted by atomic mass is 32.2. The van der Waals surface area contributed by atoms with Gasteiger partial charge in [-0.05, 0) is 18.6 Å². The van der Waals surface area contributed by atoms with Crippen molar-refractivity contribution in [2.24, 2.45) is 0 Å². The average molecular weight is 407 g/mol. The Morgan fingerprint density at radius 2 is 1.32 bits per heavy atom. The van der Waals surface area contributed by atoms with Crippen LogP contribution in [-0.2, 0) is 14.9 Å². The van der Waals surface area contributed by atoms with Crippen LogP contribution in [0.2, 0.25) is 0 Å². The van der Waals surface area contributed by atoms with Gasteiger partial charge in [0.25, 0.3) is 10.1 Å². The van der Waals surface area contributed by atoms with Crippen molar-refractivity contribution in [3.8, 4) is 5.75 Å². The number of unbranched alkanes of at least 4 members (excludes halogenated alkanes) is 6. The van der Waals surface area contributed by atoms with E-state index in [2.05, 4.69) is 6.92 Å². The van der Waals surface area contributed by atoms with Crippen LogP contribution in [0, 0.1) is 0 Å². The third kappa shape index (κ3) is 10.8. The Labute approximate surface area is 168 Å². The van der Waals surface area contributed by atoms with Crippen LogP contribution >= 0.6 is 0 Å². The maximum atomic E-state index is 11.7. The summed E-state index contributed by atoms with van der Waals surface area (Å²) in [7, 11) is -4.39. The highest BCUT2D eigenvalue weighted by molar-refractivity contribution is 7.86. The Bertz CT molecular complexity index is 746. The number of carbonyl (C=O) groups excluding carboxylic acids is 1. The van der Waals surface area contributed by atoms with Gasteiger partial charge in [-0.15, -0.1) is 0 Å². The van der Waals surface area contributed by atoms with Crippen molar-refractivity contribution in [3.63, 3.8) is 0 Å². The van der Waals surface area contributed by atoms with E-state index in [-0.39, 0.29) is 17.1 Å². The van der Waals surface area contributed by atoms with Crippen LogP contribution in [-0.4, -0.2) is 18.9 Å². The largest absolute Gasteiger partial charge is 0.425 e. The molecule has 0 bridgehead atoms. The number of para-hydroxylation sites is 1. The van der Waals surface area contributed by atoms with Crippen molar-refractivity contribution < 1.29 is 22.5 Å². The topological polar surface area (TPSA) is 80.7 Å². The zero-order valence-electron chi connectivity index (χ0n) is 16.4. The van der Waals surface area contributed by atoms with Gasteiger partial charge in [0.15, 0.2) is 5.75 Å². The van der Waals surface area contributed by atoms with Crippen LogP contribution in [0.5, 0.6) is 5.75 Å². The molecule has 0 amide bonds. The highest BCUT2D eigenvalue weighted by Gasteiger charge is 2.17. The van der Waals surface area contributed by atoms with Gasteiger partial charge < -0.3 is 4.74 Å². The second-order valence-corrected chi connectivity index (χ2v) is 7.81. The first-order valence-electron chi connectivity index (χ1n) is 9.72. The SMILES string of the molecule is CCCCCCCCCC(=O)Oc1ccccc1S(=O)(=O)O.c1ccccc1. The van der Waals surface area contributed by atoms with Gasteiger partial charge in [0, 0.05) is 6.42 Å². The van der Waals surface area contributed by atoms with Crippen LogP contribution < -0.4 is 4.74 Å². The molecule has 0 aromatic heterocycles. The molecule has 0 fully saturated rings. The van der Waals surface area contributed by atoms with Crippen LogP contribution in [0.3, 0.4) is 0 Å². The summed E-state index contributed by atoms with van der Waals surface area (Å²) in [5.74, 6) is -0.609. The van der Waals surface area contributed by atoms with Gasteiger partial charge in [-0.2, -0.15) is 8.42 Å². The molecule has 154 valence electrons. The fourth-order valence-electron chi connectivity index (χ4n) is 2.53. The monoisotopic (exact) mass is 406 g/mol. The molecule has 28 heavy (non-hydrogen) atoms. The van der Waals surface area contributed by atoms with E-state index in [9.17, 15) is 13.2 Å². The number of hydrogen-bond acceptors (Lipinski definition) is 4. The third-order valence-electron chi connectivity index (χ3n) is 4.00.